The third-order valence-electron chi connectivity index (χ3n) is 3.51. The fourth-order valence-corrected chi connectivity index (χ4v) is 2.57. The molecule has 8 heteroatoms. The highest BCUT2D eigenvalue weighted by atomic mass is 35.5. The van der Waals surface area contributed by atoms with Crippen LogP contribution in [0.5, 0.6) is 5.75 Å². The molecule has 132 valence electrons. The minimum Gasteiger partial charge on any atom is -0.490 e. The van der Waals surface area contributed by atoms with E-state index in [1.165, 1.54) is 12.1 Å². The zero-order chi connectivity index (χ0) is 17.9. The van der Waals surface area contributed by atoms with Crippen LogP contribution in [-0.2, 0) is 4.74 Å². The second-order valence-corrected chi connectivity index (χ2v) is 7.06. The zero-order valence-electron chi connectivity index (χ0n) is 14.0. The van der Waals surface area contributed by atoms with Gasteiger partial charge in [0.1, 0.15) is 22.5 Å². The maximum atomic E-state index is 12.0. The number of benzene rings is 1. The van der Waals surface area contributed by atoms with E-state index >= 15 is 0 Å². The number of nitro benzene ring substituents is 1. The molecule has 1 aliphatic heterocycles. The lowest BCUT2D eigenvalue weighted by Crippen LogP contribution is -2.44. The molecule has 1 aromatic rings. The largest absolute Gasteiger partial charge is 0.490 e. The van der Waals surface area contributed by atoms with E-state index < -0.39 is 10.5 Å². The molecule has 1 aromatic carbocycles. The van der Waals surface area contributed by atoms with Crippen molar-refractivity contribution in [3.63, 3.8) is 0 Å². The Kier molecular flexibility index (Phi) is 5.54. The molecule has 0 spiro atoms. The summed E-state index contributed by atoms with van der Waals surface area (Å²) >= 11 is 5.79. The van der Waals surface area contributed by atoms with Crippen LogP contribution in [0.15, 0.2) is 18.2 Å². The third kappa shape index (κ3) is 4.99. The highest BCUT2D eigenvalue weighted by Gasteiger charge is 2.28. The lowest BCUT2D eigenvalue weighted by Gasteiger charge is -2.33. The molecule has 0 saturated carbocycles. The molecule has 0 aliphatic carbocycles. The van der Waals surface area contributed by atoms with E-state index in [0.717, 1.165) is 0 Å². The number of carbonyl (C=O) groups is 1. The molecule has 0 aromatic heterocycles. The van der Waals surface area contributed by atoms with Crippen molar-refractivity contribution in [2.45, 2.75) is 45.3 Å². The van der Waals surface area contributed by atoms with Gasteiger partial charge in [0, 0.05) is 25.9 Å². The van der Waals surface area contributed by atoms with Gasteiger partial charge in [0.2, 0.25) is 0 Å². The smallest absolute Gasteiger partial charge is 0.410 e. The van der Waals surface area contributed by atoms with Crippen molar-refractivity contribution in [1.82, 2.24) is 4.90 Å². The van der Waals surface area contributed by atoms with Crippen molar-refractivity contribution in [3.8, 4) is 5.75 Å². The fourth-order valence-electron chi connectivity index (χ4n) is 2.38. The van der Waals surface area contributed by atoms with Crippen LogP contribution in [0.25, 0.3) is 0 Å². The Bertz CT molecular complexity index is 621. The highest BCUT2D eigenvalue weighted by Crippen LogP contribution is 2.30. The number of piperidine rings is 1. The fraction of sp³-hybridized carbons (Fsp3) is 0.562. The summed E-state index contributed by atoms with van der Waals surface area (Å²) in [7, 11) is 0. The van der Waals surface area contributed by atoms with E-state index in [1.807, 2.05) is 20.8 Å². The van der Waals surface area contributed by atoms with Gasteiger partial charge in [-0.3, -0.25) is 10.1 Å². The first-order chi connectivity index (χ1) is 11.2. The molecule has 7 nitrogen and oxygen atoms in total. The molecule has 1 heterocycles. The Morgan fingerprint density at radius 3 is 2.50 bits per heavy atom. The van der Waals surface area contributed by atoms with Crippen LogP contribution in [0, 0.1) is 10.1 Å². The first-order valence-corrected chi connectivity index (χ1v) is 8.12. The van der Waals surface area contributed by atoms with E-state index in [2.05, 4.69) is 0 Å². The Morgan fingerprint density at radius 1 is 1.33 bits per heavy atom. The molecular formula is C16H21ClN2O5. The second kappa shape index (κ2) is 7.25. The molecule has 1 amide bonds. The highest BCUT2D eigenvalue weighted by molar-refractivity contribution is 6.32. The number of hydrogen-bond acceptors (Lipinski definition) is 5. The van der Waals surface area contributed by atoms with Gasteiger partial charge in [-0.2, -0.15) is 0 Å². The van der Waals surface area contributed by atoms with Gasteiger partial charge >= 0.3 is 6.09 Å². The summed E-state index contributed by atoms with van der Waals surface area (Å²) < 4.78 is 11.1. The molecule has 0 N–H and O–H groups in total. The maximum Gasteiger partial charge on any atom is 0.410 e. The van der Waals surface area contributed by atoms with Crippen molar-refractivity contribution >= 4 is 23.4 Å². The number of rotatable bonds is 3. The molecule has 0 bridgehead atoms. The van der Waals surface area contributed by atoms with Crippen LogP contribution >= 0.6 is 11.6 Å². The van der Waals surface area contributed by atoms with E-state index in [9.17, 15) is 14.9 Å². The molecule has 1 aliphatic rings. The normalized spacial score (nSPS) is 15.9. The third-order valence-corrected chi connectivity index (χ3v) is 3.83. The van der Waals surface area contributed by atoms with Crippen molar-refractivity contribution in [2.24, 2.45) is 0 Å². The monoisotopic (exact) mass is 356 g/mol. The predicted octanol–water partition coefficient (Wildman–Crippen LogP) is 4.03. The Labute approximate surface area is 145 Å². The van der Waals surface area contributed by atoms with Crippen LogP contribution < -0.4 is 4.74 Å². The molecule has 1 fully saturated rings. The summed E-state index contributed by atoms with van der Waals surface area (Å²) in [5.41, 5.74) is -0.701. The number of carbonyl (C=O) groups excluding carboxylic acids is 1. The first-order valence-electron chi connectivity index (χ1n) is 7.74. The van der Waals surface area contributed by atoms with Crippen molar-refractivity contribution < 1.29 is 19.2 Å². The summed E-state index contributed by atoms with van der Waals surface area (Å²) in [4.78, 5) is 24.0. The van der Waals surface area contributed by atoms with Crippen molar-refractivity contribution in [3.05, 3.63) is 33.3 Å². The van der Waals surface area contributed by atoms with Gasteiger partial charge in [0.15, 0.2) is 0 Å². The maximum absolute atomic E-state index is 12.0. The quantitative estimate of drug-likeness (QED) is 0.603. The van der Waals surface area contributed by atoms with E-state index in [-0.39, 0.29) is 22.9 Å². The van der Waals surface area contributed by atoms with Crippen molar-refractivity contribution in [2.75, 3.05) is 13.1 Å². The summed E-state index contributed by atoms with van der Waals surface area (Å²) in [6, 6.07) is 4.38. The van der Waals surface area contributed by atoms with Gasteiger partial charge in [-0.15, -0.1) is 0 Å². The summed E-state index contributed by atoms with van der Waals surface area (Å²) in [5, 5.41) is 11.0. The van der Waals surface area contributed by atoms with Crippen molar-refractivity contribution in [1.29, 1.82) is 0 Å². The topological polar surface area (TPSA) is 81.9 Å². The molecule has 0 unspecified atom stereocenters. The van der Waals surface area contributed by atoms with Gasteiger partial charge in [0.25, 0.3) is 5.69 Å². The van der Waals surface area contributed by atoms with Crippen LogP contribution in [-0.4, -0.2) is 40.7 Å². The van der Waals surface area contributed by atoms with Gasteiger partial charge < -0.3 is 14.4 Å². The van der Waals surface area contributed by atoms with Gasteiger partial charge in [-0.05, 0) is 32.9 Å². The number of amides is 1. The average molecular weight is 357 g/mol. The lowest BCUT2D eigenvalue weighted by atomic mass is 10.1. The number of nitro groups is 1. The summed E-state index contributed by atoms with van der Waals surface area (Å²) in [6.45, 7) is 6.53. The standard InChI is InChI=1S/C16H21ClN2O5/c1-16(2,3)24-15(20)18-8-6-11(7-9-18)23-12-4-5-13(17)14(10-12)19(21)22/h4-5,10-11H,6-9H2,1-3H3. The van der Waals surface area contributed by atoms with Crippen LogP contribution in [0.4, 0.5) is 10.5 Å². The number of halogens is 1. The number of hydrogen-bond donors (Lipinski definition) is 0. The van der Waals surface area contributed by atoms with Crippen LogP contribution in [0.2, 0.25) is 5.02 Å². The minimum atomic E-state index is -0.541. The number of nitrogens with zero attached hydrogens (tertiary/aromatic N) is 2. The summed E-state index contributed by atoms with van der Waals surface area (Å²) in [6.07, 6.45) is 0.832. The number of likely N-dealkylation sites (tertiary alicyclic amines) is 1. The average Bonchev–Trinajstić information content (AvgIpc) is 2.48. The first kappa shape index (κ1) is 18.3. The Hall–Kier alpha value is -2.02. The van der Waals surface area contributed by atoms with E-state index in [1.54, 1.807) is 11.0 Å². The molecule has 0 radical (unpaired) electrons. The zero-order valence-corrected chi connectivity index (χ0v) is 14.7. The number of ether oxygens (including phenoxy) is 2. The SMILES string of the molecule is CC(C)(C)OC(=O)N1CCC(Oc2ccc(Cl)c([N+](=O)[O-])c2)CC1. The van der Waals surface area contributed by atoms with Gasteiger partial charge in [-0.1, -0.05) is 11.6 Å². The second-order valence-electron chi connectivity index (χ2n) is 6.65. The molecule has 0 atom stereocenters. The molecule has 24 heavy (non-hydrogen) atoms. The van der Waals surface area contributed by atoms with E-state index in [0.29, 0.717) is 31.7 Å². The predicted molar refractivity (Wildman–Crippen MR) is 89.6 cm³/mol. The Balaban J connectivity index is 1.90. The molecule has 1 saturated heterocycles. The van der Waals surface area contributed by atoms with Crippen LogP contribution in [0.3, 0.4) is 0 Å². The molecular weight excluding hydrogens is 336 g/mol. The lowest BCUT2D eigenvalue weighted by molar-refractivity contribution is -0.384. The van der Waals surface area contributed by atoms with Gasteiger partial charge in [0.05, 0.1) is 11.0 Å². The van der Waals surface area contributed by atoms with Crippen LogP contribution in [0.1, 0.15) is 33.6 Å². The van der Waals surface area contributed by atoms with Gasteiger partial charge in [-0.25, -0.2) is 4.79 Å². The summed E-state index contributed by atoms with van der Waals surface area (Å²) in [5.74, 6) is 0.404. The van der Waals surface area contributed by atoms with E-state index in [4.69, 9.17) is 21.1 Å². The Morgan fingerprint density at radius 2 is 1.96 bits per heavy atom. The molecule has 2 rings (SSSR count). The minimum absolute atomic E-state index is 0.0760.